The molecule has 1 heteroatoms. The molecule has 0 atom stereocenters. The van der Waals surface area contributed by atoms with E-state index >= 15 is 0 Å². The monoisotopic (exact) mass is 275 g/mol. The molecular formula is C19H33N. The van der Waals surface area contributed by atoms with Gasteiger partial charge in [-0.1, -0.05) is 56.0 Å². The summed E-state index contributed by atoms with van der Waals surface area (Å²) in [6.07, 6.45) is 20.4. The van der Waals surface area contributed by atoms with Crippen LogP contribution < -0.4 is 5.32 Å². The lowest BCUT2D eigenvalue weighted by molar-refractivity contribution is 0.845. The zero-order valence-corrected chi connectivity index (χ0v) is 12.2. The highest BCUT2D eigenvalue weighted by molar-refractivity contribution is 5.11. The van der Waals surface area contributed by atoms with Crippen LogP contribution in [0.5, 0.6) is 0 Å². The van der Waals surface area contributed by atoms with Crippen LogP contribution in [-0.2, 0) is 0 Å². The molecular weight excluding hydrogens is 242 g/mol. The van der Waals surface area contributed by atoms with Crippen molar-refractivity contribution in [3.05, 3.63) is 74.9 Å². The minimum atomic E-state index is 0. The third-order valence-corrected chi connectivity index (χ3v) is 2.05. The standard InChI is InChI=1S/C7H12.C6H11N.C5H6.CH4/c2*1-3-5-7-6-4-2;1-2-4-5-3-1;/h3-4H,1-2,5-7H2;3-4,7H,1-2,5-6H2;1-4H,5H2;1H4. The molecule has 0 unspecified atom stereocenters. The molecule has 0 aromatic rings. The first-order valence-corrected chi connectivity index (χ1v) is 6.79. The molecule has 20 heavy (non-hydrogen) atoms. The molecule has 1 N–H and O–H groups in total. The van der Waals surface area contributed by atoms with Crippen molar-refractivity contribution in [1.29, 1.82) is 0 Å². The molecule has 0 aliphatic heterocycles. The first-order valence-electron chi connectivity index (χ1n) is 6.79. The molecule has 1 nitrogen and oxygen atoms in total. The van der Waals surface area contributed by atoms with Gasteiger partial charge in [0.25, 0.3) is 0 Å². The van der Waals surface area contributed by atoms with Gasteiger partial charge in [-0.05, 0) is 25.7 Å². The fourth-order valence-electron chi connectivity index (χ4n) is 1.09. The van der Waals surface area contributed by atoms with Crippen molar-refractivity contribution in [3.8, 4) is 0 Å². The average molecular weight is 275 g/mol. The fourth-order valence-corrected chi connectivity index (χ4v) is 1.09. The van der Waals surface area contributed by atoms with Crippen LogP contribution in [0.2, 0.25) is 0 Å². The smallest absolute Gasteiger partial charge is 0.0135 e. The van der Waals surface area contributed by atoms with Crippen LogP contribution in [0, 0.1) is 0 Å². The predicted octanol–water partition coefficient (Wildman–Crippen LogP) is 5.62. The molecule has 114 valence electrons. The van der Waals surface area contributed by atoms with Gasteiger partial charge in [0.2, 0.25) is 0 Å². The van der Waals surface area contributed by atoms with Crippen LogP contribution in [0.25, 0.3) is 0 Å². The van der Waals surface area contributed by atoms with E-state index in [1.807, 2.05) is 24.3 Å². The molecule has 0 amide bonds. The predicted molar refractivity (Wildman–Crippen MR) is 97.1 cm³/mol. The summed E-state index contributed by atoms with van der Waals surface area (Å²) in [6, 6.07) is 0. The number of allylic oxidation sites excluding steroid dienone is 6. The Morgan fingerprint density at radius 3 is 1.50 bits per heavy atom. The molecule has 1 rings (SSSR count). The Bertz CT molecular complexity index is 227. The van der Waals surface area contributed by atoms with Crippen molar-refractivity contribution < 1.29 is 0 Å². The third-order valence-electron chi connectivity index (χ3n) is 2.05. The lowest BCUT2D eigenvalue weighted by Gasteiger charge is -1.90. The Hall–Kier alpha value is -1.60. The fraction of sp³-hybridized carbons (Fsp3) is 0.368. The average Bonchev–Trinajstić information content (AvgIpc) is 3.00. The van der Waals surface area contributed by atoms with Crippen LogP contribution in [0.4, 0.5) is 0 Å². The Balaban J connectivity index is -0.000000214. The van der Waals surface area contributed by atoms with Gasteiger partial charge in [0.1, 0.15) is 0 Å². The SMILES string of the molecule is C.C1=CCC=C1.C=CCCCC=C.C=CCNCC=C. The minimum absolute atomic E-state index is 0. The quantitative estimate of drug-likeness (QED) is 0.448. The van der Waals surface area contributed by atoms with E-state index in [0.717, 1.165) is 32.4 Å². The maximum absolute atomic E-state index is 3.60. The summed E-state index contributed by atoms with van der Waals surface area (Å²) < 4.78 is 0. The summed E-state index contributed by atoms with van der Waals surface area (Å²) in [4.78, 5) is 0. The van der Waals surface area contributed by atoms with Crippen molar-refractivity contribution in [3.63, 3.8) is 0 Å². The van der Waals surface area contributed by atoms with Crippen LogP contribution >= 0.6 is 0 Å². The van der Waals surface area contributed by atoms with Gasteiger partial charge in [0, 0.05) is 13.1 Å². The van der Waals surface area contributed by atoms with Crippen molar-refractivity contribution >= 4 is 0 Å². The van der Waals surface area contributed by atoms with E-state index in [-0.39, 0.29) is 7.43 Å². The first kappa shape index (κ1) is 23.5. The molecule has 0 saturated carbocycles. The summed E-state index contributed by atoms with van der Waals surface area (Å²) in [5.74, 6) is 0. The van der Waals surface area contributed by atoms with Gasteiger partial charge in [-0.15, -0.1) is 26.3 Å². The molecule has 1 aliphatic carbocycles. The van der Waals surface area contributed by atoms with Crippen LogP contribution in [0.1, 0.15) is 33.1 Å². The highest BCUT2D eigenvalue weighted by Gasteiger charge is 1.74. The van der Waals surface area contributed by atoms with Crippen LogP contribution in [0.15, 0.2) is 74.9 Å². The van der Waals surface area contributed by atoms with E-state index in [2.05, 4.69) is 55.9 Å². The van der Waals surface area contributed by atoms with Gasteiger partial charge in [-0.3, -0.25) is 0 Å². The van der Waals surface area contributed by atoms with E-state index in [1.54, 1.807) is 0 Å². The maximum Gasteiger partial charge on any atom is 0.0135 e. The van der Waals surface area contributed by atoms with Gasteiger partial charge in [-0.25, -0.2) is 0 Å². The minimum Gasteiger partial charge on any atom is -0.310 e. The lowest BCUT2D eigenvalue weighted by atomic mass is 10.2. The highest BCUT2D eigenvalue weighted by atomic mass is 14.8. The number of rotatable bonds is 8. The van der Waals surface area contributed by atoms with Crippen LogP contribution in [-0.4, -0.2) is 13.1 Å². The van der Waals surface area contributed by atoms with Gasteiger partial charge in [-0.2, -0.15) is 0 Å². The summed E-state index contributed by atoms with van der Waals surface area (Å²) in [7, 11) is 0. The number of hydrogen-bond donors (Lipinski definition) is 1. The topological polar surface area (TPSA) is 12.0 Å². The number of unbranched alkanes of at least 4 members (excludes halogenated alkanes) is 2. The second-order valence-corrected chi connectivity index (χ2v) is 3.84. The van der Waals surface area contributed by atoms with E-state index in [1.165, 1.54) is 6.42 Å². The van der Waals surface area contributed by atoms with E-state index in [9.17, 15) is 0 Å². The van der Waals surface area contributed by atoms with Crippen molar-refractivity contribution in [2.24, 2.45) is 0 Å². The molecule has 0 heterocycles. The third kappa shape index (κ3) is 29.9. The largest absolute Gasteiger partial charge is 0.310 e. The van der Waals surface area contributed by atoms with E-state index < -0.39 is 0 Å². The number of nitrogens with one attached hydrogen (secondary N) is 1. The summed E-state index contributed by atoms with van der Waals surface area (Å²) in [5.41, 5.74) is 0. The Morgan fingerprint density at radius 1 is 0.800 bits per heavy atom. The number of hydrogen-bond acceptors (Lipinski definition) is 1. The first-order chi connectivity index (χ1) is 9.33. The lowest BCUT2D eigenvalue weighted by Crippen LogP contribution is -2.11. The normalized spacial score (nSPS) is 10.0. The Morgan fingerprint density at radius 2 is 1.25 bits per heavy atom. The summed E-state index contributed by atoms with van der Waals surface area (Å²) >= 11 is 0. The zero-order chi connectivity index (χ0) is 14.6. The highest BCUT2D eigenvalue weighted by Crippen LogP contribution is 1.94. The van der Waals surface area contributed by atoms with Crippen molar-refractivity contribution in [2.75, 3.05) is 13.1 Å². The molecule has 0 spiro atoms. The van der Waals surface area contributed by atoms with Gasteiger partial charge < -0.3 is 5.32 Å². The molecule has 0 fully saturated rings. The Kier molecular flexibility index (Phi) is 30.6. The zero-order valence-electron chi connectivity index (χ0n) is 12.2. The Labute approximate surface area is 127 Å². The summed E-state index contributed by atoms with van der Waals surface area (Å²) in [6.45, 7) is 16.0. The molecule has 0 radical (unpaired) electrons. The van der Waals surface area contributed by atoms with E-state index in [4.69, 9.17) is 0 Å². The molecule has 0 bridgehead atoms. The maximum atomic E-state index is 3.60. The van der Waals surface area contributed by atoms with Crippen molar-refractivity contribution in [1.82, 2.24) is 5.32 Å². The summed E-state index contributed by atoms with van der Waals surface area (Å²) in [5, 5.41) is 3.05. The van der Waals surface area contributed by atoms with Crippen molar-refractivity contribution in [2.45, 2.75) is 33.1 Å². The van der Waals surface area contributed by atoms with Gasteiger partial charge in [0.15, 0.2) is 0 Å². The molecule has 0 aromatic heterocycles. The molecule has 1 aliphatic rings. The molecule has 0 aromatic carbocycles. The second kappa shape index (κ2) is 26.1. The molecule has 0 saturated heterocycles. The second-order valence-electron chi connectivity index (χ2n) is 3.84. The van der Waals surface area contributed by atoms with Gasteiger partial charge >= 0.3 is 0 Å². The van der Waals surface area contributed by atoms with Gasteiger partial charge in [0.05, 0.1) is 0 Å². The van der Waals surface area contributed by atoms with Crippen LogP contribution in [0.3, 0.4) is 0 Å². The van der Waals surface area contributed by atoms with E-state index in [0.29, 0.717) is 0 Å².